The van der Waals surface area contributed by atoms with Crippen molar-refractivity contribution < 1.29 is 18.7 Å². The predicted octanol–water partition coefficient (Wildman–Crippen LogP) is 3.75. The zero-order valence-electron chi connectivity index (χ0n) is 18.6. The van der Waals surface area contributed by atoms with E-state index in [9.17, 15) is 9.18 Å². The third kappa shape index (κ3) is 3.10. The van der Waals surface area contributed by atoms with Gasteiger partial charge in [0.25, 0.3) is 5.91 Å². The highest BCUT2D eigenvalue weighted by Gasteiger charge is 2.60. The number of ether oxygens (including phenoxy) is 2. The topological polar surface area (TPSA) is 77.2 Å². The van der Waals surface area contributed by atoms with E-state index in [4.69, 9.17) is 20.2 Å². The zero-order chi connectivity index (χ0) is 22.6. The zero-order valence-corrected chi connectivity index (χ0v) is 18.6. The number of rotatable bonds is 3. The van der Waals surface area contributed by atoms with Gasteiger partial charge in [-0.15, -0.1) is 0 Å². The van der Waals surface area contributed by atoms with Crippen molar-refractivity contribution in [2.75, 3.05) is 13.7 Å². The van der Waals surface area contributed by atoms with Crippen molar-refractivity contribution in [3.8, 4) is 16.9 Å². The van der Waals surface area contributed by atoms with Gasteiger partial charge in [-0.1, -0.05) is 12.1 Å². The molecule has 32 heavy (non-hydrogen) atoms. The molecule has 6 nitrogen and oxygen atoms in total. The van der Waals surface area contributed by atoms with E-state index in [1.54, 1.807) is 7.05 Å². The Kier molecular flexibility index (Phi) is 4.97. The second kappa shape index (κ2) is 7.59. The summed E-state index contributed by atoms with van der Waals surface area (Å²) in [6, 6.07) is 10.6. The Balaban J connectivity index is 1.66. The first-order valence-electron chi connectivity index (χ1n) is 11.2. The van der Waals surface area contributed by atoms with Crippen molar-refractivity contribution in [1.29, 1.82) is 0 Å². The molecule has 0 aromatic heterocycles. The first-order valence-corrected chi connectivity index (χ1v) is 11.2. The van der Waals surface area contributed by atoms with Crippen LogP contribution in [0.2, 0.25) is 0 Å². The van der Waals surface area contributed by atoms with E-state index in [1.807, 2.05) is 38.1 Å². The van der Waals surface area contributed by atoms with Gasteiger partial charge in [0, 0.05) is 31.6 Å². The van der Waals surface area contributed by atoms with Crippen LogP contribution in [0.15, 0.2) is 41.4 Å². The molecule has 0 saturated heterocycles. The summed E-state index contributed by atoms with van der Waals surface area (Å²) in [5.74, 6) is 0.252. The number of guanidine groups is 1. The minimum absolute atomic E-state index is 0.102. The number of amides is 1. The standard InChI is InChI=1S/C25H28FN3O3/c1-4-31-18-6-7-19-22(13-18)32-21-8-5-15(16-9-14(2)10-17(26)11-16)12-20(21)25(19)23(30)29(3)24(27)28-25/h5,8-12,18-19,22H,4,6-7,13H2,1-3H3,(H2,27,28). The number of fused-ring (bicyclic) bond motifs is 4. The van der Waals surface area contributed by atoms with Crippen LogP contribution in [0.3, 0.4) is 0 Å². The number of likely N-dealkylation sites (N-methyl/N-ethyl adjacent to an activating group) is 1. The summed E-state index contributed by atoms with van der Waals surface area (Å²) in [6.07, 6.45) is 2.20. The fourth-order valence-electron chi connectivity index (χ4n) is 5.54. The number of carbonyl (C=O) groups excluding carboxylic acids is 1. The van der Waals surface area contributed by atoms with Gasteiger partial charge in [-0.05, 0) is 67.6 Å². The molecule has 1 fully saturated rings. The van der Waals surface area contributed by atoms with E-state index in [-0.39, 0.29) is 35.8 Å². The van der Waals surface area contributed by atoms with E-state index in [0.717, 1.165) is 29.5 Å². The number of hydrogen-bond acceptors (Lipinski definition) is 5. The molecule has 2 aromatic carbocycles. The van der Waals surface area contributed by atoms with Crippen molar-refractivity contribution in [3.63, 3.8) is 0 Å². The van der Waals surface area contributed by atoms with Crippen molar-refractivity contribution >= 4 is 11.9 Å². The molecular formula is C25H28FN3O3. The van der Waals surface area contributed by atoms with Crippen LogP contribution in [0.1, 0.15) is 37.3 Å². The molecule has 168 valence electrons. The molecule has 1 saturated carbocycles. The molecule has 1 amide bonds. The van der Waals surface area contributed by atoms with Gasteiger partial charge in [-0.3, -0.25) is 9.69 Å². The number of halogens is 1. The molecular weight excluding hydrogens is 409 g/mol. The SMILES string of the molecule is CCOC1CCC2C(C1)Oc1ccc(-c3cc(C)cc(F)c3)cc1C21N=C(N)N(C)C1=O. The normalized spacial score (nSPS) is 28.9. The number of hydrogen-bond donors (Lipinski definition) is 1. The summed E-state index contributed by atoms with van der Waals surface area (Å²) in [5, 5.41) is 0. The van der Waals surface area contributed by atoms with Gasteiger partial charge in [-0.2, -0.15) is 0 Å². The van der Waals surface area contributed by atoms with Crippen LogP contribution in [-0.2, 0) is 15.1 Å². The number of aryl methyl sites for hydroxylation is 1. The molecule has 0 bridgehead atoms. The average molecular weight is 438 g/mol. The van der Waals surface area contributed by atoms with Gasteiger partial charge < -0.3 is 15.2 Å². The maximum Gasteiger partial charge on any atom is 0.262 e. The Morgan fingerprint density at radius 3 is 2.75 bits per heavy atom. The smallest absolute Gasteiger partial charge is 0.262 e. The summed E-state index contributed by atoms with van der Waals surface area (Å²) >= 11 is 0. The second-order valence-corrected chi connectivity index (χ2v) is 8.98. The molecule has 4 unspecified atom stereocenters. The van der Waals surface area contributed by atoms with E-state index in [0.29, 0.717) is 24.3 Å². The molecule has 2 N–H and O–H groups in total. The van der Waals surface area contributed by atoms with Gasteiger partial charge in [0.2, 0.25) is 0 Å². The fourth-order valence-corrected chi connectivity index (χ4v) is 5.54. The predicted molar refractivity (Wildman–Crippen MR) is 120 cm³/mol. The number of aliphatic imine (C=N–C) groups is 1. The highest BCUT2D eigenvalue weighted by Crippen LogP contribution is 2.54. The van der Waals surface area contributed by atoms with Gasteiger partial charge in [0.15, 0.2) is 11.5 Å². The van der Waals surface area contributed by atoms with E-state index in [2.05, 4.69) is 0 Å². The van der Waals surface area contributed by atoms with Crippen LogP contribution in [-0.4, -0.2) is 42.6 Å². The Morgan fingerprint density at radius 1 is 1.25 bits per heavy atom. The minimum atomic E-state index is -1.13. The van der Waals surface area contributed by atoms with Crippen LogP contribution >= 0.6 is 0 Å². The molecule has 5 rings (SSSR count). The lowest BCUT2D eigenvalue weighted by Gasteiger charge is -2.47. The number of benzene rings is 2. The van der Waals surface area contributed by atoms with Crippen LogP contribution < -0.4 is 10.5 Å². The lowest BCUT2D eigenvalue weighted by atomic mass is 9.66. The molecule has 2 aromatic rings. The number of nitrogens with two attached hydrogens (primary N) is 1. The van der Waals surface area contributed by atoms with Gasteiger partial charge in [0.05, 0.1) is 6.10 Å². The molecule has 0 radical (unpaired) electrons. The molecule has 4 atom stereocenters. The summed E-state index contributed by atoms with van der Waals surface area (Å²) in [7, 11) is 1.66. The molecule has 2 heterocycles. The summed E-state index contributed by atoms with van der Waals surface area (Å²) < 4.78 is 26.4. The summed E-state index contributed by atoms with van der Waals surface area (Å²) in [5.41, 5.74) is 8.12. The third-order valence-electron chi connectivity index (χ3n) is 6.99. The van der Waals surface area contributed by atoms with Crippen LogP contribution in [0.25, 0.3) is 11.1 Å². The first-order chi connectivity index (χ1) is 15.3. The third-order valence-corrected chi connectivity index (χ3v) is 6.99. The Labute approximate surface area is 187 Å². The average Bonchev–Trinajstić information content (AvgIpc) is 2.98. The van der Waals surface area contributed by atoms with Crippen LogP contribution in [0.5, 0.6) is 5.75 Å². The maximum atomic E-state index is 14.1. The van der Waals surface area contributed by atoms with Crippen molar-refractivity contribution in [1.82, 2.24) is 4.90 Å². The lowest BCUT2D eigenvalue weighted by Crippen LogP contribution is -2.55. The van der Waals surface area contributed by atoms with Gasteiger partial charge >= 0.3 is 0 Å². The number of nitrogens with zero attached hydrogens (tertiary/aromatic N) is 2. The molecule has 1 spiro atoms. The monoisotopic (exact) mass is 437 g/mol. The van der Waals surface area contributed by atoms with Crippen molar-refractivity contribution in [2.45, 2.75) is 50.9 Å². The van der Waals surface area contributed by atoms with Gasteiger partial charge in [0.1, 0.15) is 17.7 Å². The second-order valence-electron chi connectivity index (χ2n) is 8.98. The van der Waals surface area contributed by atoms with E-state index < -0.39 is 5.54 Å². The quantitative estimate of drug-likeness (QED) is 0.794. The number of carbonyl (C=O) groups is 1. The molecule has 3 aliphatic rings. The lowest BCUT2D eigenvalue weighted by molar-refractivity contribution is -0.138. The van der Waals surface area contributed by atoms with Crippen LogP contribution in [0, 0.1) is 18.7 Å². The highest BCUT2D eigenvalue weighted by molar-refractivity contribution is 6.07. The largest absolute Gasteiger partial charge is 0.490 e. The maximum absolute atomic E-state index is 14.1. The fraction of sp³-hybridized carbons (Fsp3) is 0.440. The van der Waals surface area contributed by atoms with E-state index >= 15 is 0 Å². The Morgan fingerprint density at radius 2 is 2.06 bits per heavy atom. The molecule has 2 aliphatic heterocycles. The first kappa shape index (κ1) is 20.9. The summed E-state index contributed by atoms with van der Waals surface area (Å²) in [6.45, 7) is 4.49. The van der Waals surface area contributed by atoms with E-state index in [1.165, 1.54) is 17.0 Å². The molecule has 7 heteroatoms. The minimum Gasteiger partial charge on any atom is -0.490 e. The Hall–Kier alpha value is -2.93. The van der Waals surface area contributed by atoms with Crippen molar-refractivity contribution in [3.05, 3.63) is 53.3 Å². The molecule has 1 aliphatic carbocycles. The van der Waals surface area contributed by atoms with Crippen molar-refractivity contribution in [2.24, 2.45) is 16.6 Å². The highest BCUT2D eigenvalue weighted by atomic mass is 19.1. The van der Waals surface area contributed by atoms with Crippen LogP contribution in [0.4, 0.5) is 4.39 Å². The Bertz CT molecular complexity index is 1100. The van der Waals surface area contributed by atoms with Gasteiger partial charge in [-0.25, -0.2) is 9.38 Å². The summed E-state index contributed by atoms with van der Waals surface area (Å²) in [4.78, 5) is 19.9.